The minimum absolute atomic E-state index is 0.0316. The minimum atomic E-state index is -0.580. The number of carbonyl (C=O) groups is 1. The molecule has 0 spiro atoms. The highest BCUT2D eigenvalue weighted by Gasteiger charge is 2.23. The van der Waals surface area contributed by atoms with Gasteiger partial charge in [-0.1, -0.05) is 71.2 Å². The Balaban J connectivity index is 1.98. The Morgan fingerprint density at radius 1 is 1.09 bits per heavy atom. The molecule has 0 heterocycles. The van der Waals surface area contributed by atoms with Gasteiger partial charge in [-0.05, 0) is 71.8 Å². The lowest BCUT2D eigenvalue weighted by molar-refractivity contribution is 0.102. The van der Waals surface area contributed by atoms with Crippen LogP contribution in [0.3, 0.4) is 0 Å². The highest BCUT2D eigenvalue weighted by atomic mass is 79.9. The number of phenols is 1. The van der Waals surface area contributed by atoms with Crippen LogP contribution in [0.4, 0.5) is 5.69 Å². The van der Waals surface area contributed by atoms with E-state index >= 15 is 0 Å². The van der Waals surface area contributed by atoms with Gasteiger partial charge in [0.2, 0.25) is 0 Å². The molecule has 170 valence electrons. The zero-order valence-electron chi connectivity index (χ0n) is 18.6. The molecule has 0 aromatic heterocycles. The van der Waals surface area contributed by atoms with Crippen molar-refractivity contribution in [1.82, 2.24) is 0 Å². The van der Waals surface area contributed by atoms with Gasteiger partial charge in [-0.2, -0.15) is 5.26 Å². The first-order chi connectivity index (χ1) is 15.5. The Bertz CT molecular complexity index is 1270. The van der Waals surface area contributed by atoms with Crippen LogP contribution in [-0.4, -0.2) is 11.0 Å². The van der Waals surface area contributed by atoms with Crippen LogP contribution < -0.4 is 5.32 Å². The maximum atomic E-state index is 13.2. The van der Waals surface area contributed by atoms with Crippen molar-refractivity contribution in [2.24, 2.45) is 0 Å². The first kappa shape index (κ1) is 25.1. The number of carbonyl (C=O) groups excluding carboxylic acids is 1. The number of hydrogen-bond acceptors (Lipinski definition) is 3. The lowest BCUT2D eigenvalue weighted by atomic mass is 9.91. The summed E-state index contributed by atoms with van der Waals surface area (Å²) in [6.45, 7) is 7.51. The number of nitrogens with one attached hydrogen (secondary N) is 1. The molecule has 3 aromatic carbocycles. The molecular formula is C26H23BrCl2N2O2. The number of nitriles is 1. The van der Waals surface area contributed by atoms with Crippen molar-refractivity contribution < 1.29 is 9.90 Å². The second kappa shape index (κ2) is 10.2. The van der Waals surface area contributed by atoms with E-state index in [9.17, 15) is 15.2 Å². The van der Waals surface area contributed by atoms with E-state index in [0.717, 1.165) is 15.6 Å². The fourth-order valence-electron chi connectivity index (χ4n) is 3.70. The number of aryl methyl sites for hydroxylation is 1. The zero-order chi connectivity index (χ0) is 24.4. The average molecular weight is 546 g/mol. The fourth-order valence-corrected chi connectivity index (χ4v) is 4.54. The number of anilines is 1. The van der Waals surface area contributed by atoms with Crippen LogP contribution >= 0.6 is 39.1 Å². The molecule has 2 N–H and O–H groups in total. The summed E-state index contributed by atoms with van der Waals surface area (Å²) < 4.78 is 0.749. The van der Waals surface area contributed by atoms with E-state index in [1.807, 2.05) is 26.8 Å². The van der Waals surface area contributed by atoms with Gasteiger partial charge >= 0.3 is 0 Å². The molecule has 0 aliphatic rings. The Morgan fingerprint density at radius 3 is 2.30 bits per heavy atom. The number of halogens is 3. The smallest absolute Gasteiger partial charge is 0.259 e. The summed E-state index contributed by atoms with van der Waals surface area (Å²) in [5.41, 5.74) is 4.20. The Hall–Kier alpha value is -2.52. The zero-order valence-corrected chi connectivity index (χ0v) is 21.7. The molecule has 3 aromatic rings. The number of aromatic hydroxyl groups is 1. The molecule has 0 fully saturated rings. The lowest BCUT2D eigenvalue weighted by Gasteiger charge is -2.19. The number of benzene rings is 3. The maximum Gasteiger partial charge on any atom is 0.259 e. The van der Waals surface area contributed by atoms with E-state index in [1.165, 1.54) is 0 Å². The van der Waals surface area contributed by atoms with Crippen LogP contribution in [-0.2, 0) is 0 Å². The van der Waals surface area contributed by atoms with Gasteiger partial charge in [0.15, 0.2) is 0 Å². The summed E-state index contributed by atoms with van der Waals surface area (Å²) in [5, 5.41) is 24.4. The molecule has 1 unspecified atom stereocenters. The Kier molecular flexibility index (Phi) is 7.74. The van der Waals surface area contributed by atoms with Crippen LogP contribution in [0.25, 0.3) is 0 Å². The molecule has 0 aliphatic heterocycles. The number of phenolic OH excluding ortho intramolecular Hbond substituents is 1. The summed E-state index contributed by atoms with van der Waals surface area (Å²) in [5.74, 6) is -1.01. The third-order valence-electron chi connectivity index (χ3n) is 5.61. The molecular weight excluding hydrogens is 523 g/mol. The third-order valence-corrected chi connectivity index (χ3v) is 7.01. The van der Waals surface area contributed by atoms with Crippen LogP contribution in [0.2, 0.25) is 10.0 Å². The number of nitrogens with zero attached hydrogens (tertiary/aromatic N) is 1. The fraction of sp³-hybridized carbons (Fsp3) is 0.231. The standard InChI is InChI=1S/C26H23BrCl2N2O2/c1-13(2)18-10-21(27)15(4)24(25(18)32)26(33)31-23-11-22(29)19(9-14(23)3)20(12-30)16-5-7-17(28)8-6-16/h5-11,13,20,32H,1-4H3,(H,31,33). The summed E-state index contributed by atoms with van der Waals surface area (Å²) >= 11 is 16.0. The summed E-state index contributed by atoms with van der Waals surface area (Å²) in [7, 11) is 0. The SMILES string of the molecule is Cc1cc(C(C#N)c2ccc(Cl)cc2)c(Cl)cc1NC(=O)c1c(C)c(Br)cc(C(C)C)c1O. The van der Waals surface area contributed by atoms with Gasteiger partial charge < -0.3 is 10.4 Å². The average Bonchev–Trinajstić information content (AvgIpc) is 2.75. The molecule has 0 saturated heterocycles. The first-order valence-electron chi connectivity index (χ1n) is 10.3. The maximum absolute atomic E-state index is 13.2. The molecule has 1 amide bonds. The summed E-state index contributed by atoms with van der Waals surface area (Å²) in [4.78, 5) is 13.2. The molecule has 33 heavy (non-hydrogen) atoms. The van der Waals surface area contributed by atoms with Crippen molar-refractivity contribution in [3.05, 3.63) is 90.4 Å². The molecule has 0 aliphatic carbocycles. The van der Waals surface area contributed by atoms with Gasteiger partial charge in [0.1, 0.15) is 5.75 Å². The van der Waals surface area contributed by atoms with Crippen molar-refractivity contribution in [1.29, 1.82) is 5.26 Å². The van der Waals surface area contributed by atoms with Crippen LogP contribution in [0, 0.1) is 25.2 Å². The van der Waals surface area contributed by atoms with Gasteiger partial charge in [-0.25, -0.2) is 0 Å². The third kappa shape index (κ3) is 5.19. The summed E-state index contributed by atoms with van der Waals surface area (Å²) in [6, 6.07) is 14.6. The van der Waals surface area contributed by atoms with E-state index in [-0.39, 0.29) is 17.2 Å². The van der Waals surface area contributed by atoms with Crippen molar-refractivity contribution >= 4 is 50.7 Å². The van der Waals surface area contributed by atoms with Gasteiger partial charge in [0.25, 0.3) is 5.91 Å². The molecule has 1 atom stereocenters. The van der Waals surface area contributed by atoms with Crippen molar-refractivity contribution in [3.8, 4) is 11.8 Å². The second-order valence-electron chi connectivity index (χ2n) is 8.21. The van der Waals surface area contributed by atoms with Gasteiger partial charge in [-0.15, -0.1) is 0 Å². The monoisotopic (exact) mass is 544 g/mol. The Morgan fingerprint density at radius 2 is 1.73 bits per heavy atom. The highest BCUT2D eigenvalue weighted by molar-refractivity contribution is 9.10. The predicted octanol–water partition coefficient (Wildman–Crippen LogP) is 8.11. The largest absolute Gasteiger partial charge is 0.507 e. The number of hydrogen-bond donors (Lipinski definition) is 2. The highest BCUT2D eigenvalue weighted by Crippen LogP contribution is 2.38. The molecule has 0 saturated carbocycles. The van der Waals surface area contributed by atoms with Crippen molar-refractivity contribution in [2.45, 2.75) is 39.5 Å². The van der Waals surface area contributed by atoms with Gasteiger partial charge in [0, 0.05) is 20.2 Å². The predicted molar refractivity (Wildman–Crippen MR) is 138 cm³/mol. The molecule has 0 radical (unpaired) electrons. The molecule has 3 rings (SSSR count). The van der Waals surface area contributed by atoms with E-state index in [1.54, 1.807) is 43.3 Å². The van der Waals surface area contributed by atoms with Gasteiger partial charge in [0.05, 0.1) is 17.6 Å². The topological polar surface area (TPSA) is 73.1 Å². The van der Waals surface area contributed by atoms with Gasteiger partial charge in [-0.3, -0.25) is 4.79 Å². The number of amides is 1. The normalized spacial score (nSPS) is 11.8. The quantitative estimate of drug-likeness (QED) is 0.340. The van der Waals surface area contributed by atoms with Crippen LogP contribution in [0.5, 0.6) is 5.75 Å². The second-order valence-corrected chi connectivity index (χ2v) is 9.91. The first-order valence-corrected chi connectivity index (χ1v) is 11.9. The molecule has 4 nitrogen and oxygen atoms in total. The molecule has 7 heteroatoms. The van der Waals surface area contributed by atoms with E-state index < -0.39 is 11.8 Å². The molecule has 0 bridgehead atoms. The Labute approximate surface area is 212 Å². The lowest BCUT2D eigenvalue weighted by Crippen LogP contribution is -2.16. The van der Waals surface area contributed by atoms with E-state index in [4.69, 9.17) is 23.2 Å². The van der Waals surface area contributed by atoms with E-state index in [0.29, 0.717) is 32.4 Å². The van der Waals surface area contributed by atoms with Crippen LogP contribution in [0.15, 0.2) is 46.9 Å². The van der Waals surface area contributed by atoms with E-state index in [2.05, 4.69) is 27.3 Å². The van der Waals surface area contributed by atoms with Crippen molar-refractivity contribution in [3.63, 3.8) is 0 Å². The minimum Gasteiger partial charge on any atom is -0.507 e. The van der Waals surface area contributed by atoms with Crippen molar-refractivity contribution in [2.75, 3.05) is 5.32 Å². The summed E-state index contributed by atoms with van der Waals surface area (Å²) in [6.07, 6.45) is 0. The van der Waals surface area contributed by atoms with Crippen LogP contribution in [0.1, 0.15) is 63.9 Å². The number of rotatable bonds is 5.